The van der Waals surface area contributed by atoms with Gasteiger partial charge in [-0.1, -0.05) is 24.3 Å². The summed E-state index contributed by atoms with van der Waals surface area (Å²) >= 11 is 0. The summed E-state index contributed by atoms with van der Waals surface area (Å²) in [5.74, 6) is 0.0103. The van der Waals surface area contributed by atoms with Gasteiger partial charge in [-0.05, 0) is 24.0 Å². The van der Waals surface area contributed by atoms with E-state index in [-0.39, 0.29) is 18.5 Å². The highest BCUT2D eigenvalue weighted by molar-refractivity contribution is 7.88. The van der Waals surface area contributed by atoms with Crippen LogP contribution in [0.3, 0.4) is 0 Å². The van der Waals surface area contributed by atoms with Crippen molar-refractivity contribution in [2.45, 2.75) is 31.3 Å². The Morgan fingerprint density at radius 1 is 1.20 bits per heavy atom. The third-order valence-electron chi connectivity index (χ3n) is 3.68. The molecule has 6 heteroatoms. The highest BCUT2D eigenvalue weighted by atomic mass is 32.2. The minimum atomic E-state index is -3.27. The number of hydrogen-bond acceptors (Lipinski definition) is 4. The molecule has 1 heterocycles. The predicted molar refractivity (Wildman–Crippen MR) is 76.6 cm³/mol. The Labute approximate surface area is 120 Å². The van der Waals surface area contributed by atoms with Gasteiger partial charge in [0.05, 0.1) is 18.5 Å². The van der Waals surface area contributed by atoms with E-state index < -0.39 is 10.0 Å². The molecule has 0 unspecified atom stereocenters. The van der Waals surface area contributed by atoms with Crippen LogP contribution in [0.25, 0.3) is 0 Å². The van der Waals surface area contributed by atoms with Crippen molar-refractivity contribution >= 4 is 10.0 Å². The highest BCUT2D eigenvalue weighted by Crippen LogP contribution is 2.19. The Morgan fingerprint density at radius 3 is 2.25 bits per heavy atom. The number of aliphatic hydroxyl groups excluding tert-OH is 1. The quantitative estimate of drug-likeness (QED) is 0.885. The van der Waals surface area contributed by atoms with Gasteiger partial charge in [-0.3, -0.25) is 0 Å². The lowest BCUT2D eigenvalue weighted by Crippen LogP contribution is -2.41. The van der Waals surface area contributed by atoms with Gasteiger partial charge in [-0.2, -0.15) is 0 Å². The van der Waals surface area contributed by atoms with Crippen LogP contribution in [0.5, 0.6) is 0 Å². The minimum Gasteiger partial charge on any atom is -0.392 e. The fourth-order valence-electron chi connectivity index (χ4n) is 2.39. The van der Waals surface area contributed by atoms with Gasteiger partial charge in [0.25, 0.3) is 0 Å². The van der Waals surface area contributed by atoms with E-state index in [2.05, 4.69) is 0 Å². The highest BCUT2D eigenvalue weighted by Gasteiger charge is 2.27. The molecule has 20 heavy (non-hydrogen) atoms. The molecule has 1 aliphatic heterocycles. The molecule has 1 fully saturated rings. The first-order chi connectivity index (χ1) is 9.55. The second-order valence-electron chi connectivity index (χ2n) is 5.06. The van der Waals surface area contributed by atoms with E-state index in [1.807, 2.05) is 0 Å². The molecule has 1 aromatic carbocycles. The molecule has 2 rings (SSSR count). The summed E-state index contributed by atoms with van der Waals surface area (Å²) in [5, 5.41) is 8.97. The SMILES string of the molecule is COC1CCN(S(=O)(=O)Cc2ccc(CO)cc2)CC1. The van der Waals surface area contributed by atoms with Crippen molar-refractivity contribution in [2.75, 3.05) is 20.2 Å². The Kier molecular flexibility index (Phi) is 5.15. The smallest absolute Gasteiger partial charge is 0.218 e. The monoisotopic (exact) mass is 299 g/mol. The second-order valence-corrected chi connectivity index (χ2v) is 7.03. The van der Waals surface area contributed by atoms with Gasteiger partial charge in [0.2, 0.25) is 10.0 Å². The molecular formula is C14H21NO4S. The number of piperidine rings is 1. The zero-order valence-corrected chi connectivity index (χ0v) is 12.5. The van der Waals surface area contributed by atoms with E-state index in [0.29, 0.717) is 13.1 Å². The Morgan fingerprint density at radius 2 is 1.75 bits per heavy atom. The van der Waals surface area contributed by atoms with Crippen LogP contribution < -0.4 is 0 Å². The number of benzene rings is 1. The van der Waals surface area contributed by atoms with Crippen LogP contribution in [-0.4, -0.2) is 44.1 Å². The molecule has 0 aliphatic carbocycles. The summed E-state index contributed by atoms with van der Waals surface area (Å²) in [7, 11) is -1.61. The minimum absolute atomic E-state index is 0.0103. The summed E-state index contributed by atoms with van der Waals surface area (Å²) in [6, 6.07) is 7.01. The molecule has 0 atom stereocenters. The zero-order chi connectivity index (χ0) is 14.6. The van der Waals surface area contributed by atoms with Gasteiger partial charge < -0.3 is 9.84 Å². The molecule has 1 saturated heterocycles. The van der Waals surface area contributed by atoms with Crippen LogP contribution in [0.1, 0.15) is 24.0 Å². The van der Waals surface area contributed by atoms with Gasteiger partial charge in [0.1, 0.15) is 0 Å². The van der Waals surface area contributed by atoms with E-state index >= 15 is 0 Å². The molecule has 0 saturated carbocycles. The number of hydrogen-bond donors (Lipinski definition) is 1. The Balaban J connectivity index is 2.00. The Hall–Kier alpha value is -0.950. The van der Waals surface area contributed by atoms with Crippen LogP contribution in [0.15, 0.2) is 24.3 Å². The molecule has 0 bridgehead atoms. The summed E-state index contributed by atoms with van der Waals surface area (Å²) in [6.45, 7) is 1.02. The molecule has 112 valence electrons. The van der Waals surface area contributed by atoms with Crippen molar-refractivity contribution in [3.05, 3.63) is 35.4 Å². The van der Waals surface area contributed by atoms with E-state index in [1.165, 1.54) is 0 Å². The number of methoxy groups -OCH3 is 1. The second kappa shape index (κ2) is 6.67. The molecule has 5 nitrogen and oxygen atoms in total. The first kappa shape index (κ1) is 15.4. The lowest BCUT2D eigenvalue weighted by Gasteiger charge is -2.30. The van der Waals surface area contributed by atoms with Crippen LogP contribution in [0.2, 0.25) is 0 Å². The molecule has 1 aromatic rings. The molecule has 1 N–H and O–H groups in total. The molecule has 0 aromatic heterocycles. The number of sulfonamides is 1. The normalized spacial score (nSPS) is 18.3. The number of ether oxygens (including phenoxy) is 1. The van der Waals surface area contributed by atoms with Gasteiger partial charge >= 0.3 is 0 Å². The lowest BCUT2D eigenvalue weighted by atomic mass is 10.1. The van der Waals surface area contributed by atoms with Crippen LogP contribution >= 0.6 is 0 Å². The van der Waals surface area contributed by atoms with E-state index in [0.717, 1.165) is 24.0 Å². The summed E-state index contributed by atoms with van der Waals surface area (Å²) in [5.41, 5.74) is 1.53. The summed E-state index contributed by atoms with van der Waals surface area (Å²) < 4.78 is 31.5. The van der Waals surface area contributed by atoms with E-state index in [4.69, 9.17) is 9.84 Å². The van der Waals surface area contributed by atoms with Gasteiger partial charge in [-0.15, -0.1) is 0 Å². The van der Waals surface area contributed by atoms with Crippen molar-refractivity contribution in [1.29, 1.82) is 0 Å². The molecule has 0 radical (unpaired) electrons. The third-order valence-corrected chi connectivity index (χ3v) is 5.53. The fraction of sp³-hybridized carbons (Fsp3) is 0.571. The van der Waals surface area contributed by atoms with Crippen molar-refractivity contribution < 1.29 is 18.3 Å². The molecule has 0 spiro atoms. The zero-order valence-electron chi connectivity index (χ0n) is 11.7. The number of aliphatic hydroxyl groups is 1. The van der Waals surface area contributed by atoms with Crippen molar-refractivity contribution in [3.63, 3.8) is 0 Å². The van der Waals surface area contributed by atoms with Crippen molar-refractivity contribution in [2.24, 2.45) is 0 Å². The number of rotatable bonds is 5. The largest absolute Gasteiger partial charge is 0.392 e. The van der Waals surface area contributed by atoms with E-state index in [9.17, 15) is 8.42 Å². The van der Waals surface area contributed by atoms with Crippen LogP contribution in [0.4, 0.5) is 0 Å². The Bertz CT molecular complexity index is 519. The molecular weight excluding hydrogens is 278 g/mol. The maximum atomic E-state index is 12.3. The van der Waals surface area contributed by atoms with E-state index in [1.54, 1.807) is 35.7 Å². The van der Waals surface area contributed by atoms with Crippen molar-refractivity contribution in [1.82, 2.24) is 4.31 Å². The standard InChI is InChI=1S/C14H21NO4S/c1-19-14-6-8-15(9-7-14)20(17,18)11-13-4-2-12(10-16)3-5-13/h2-5,14,16H,6-11H2,1H3. The average Bonchev–Trinajstić information content (AvgIpc) is 2.48. The third kappa shape index (κ3) is 3.79. The molecule has 1 aliphatic rings. The molecule has 0 amide bonds. The first-order valence-corrected chi connectivity index (χ1v) is 8.35. The summed E-state index contributed by atoms with van der Waals surface area (Å²) in [6.07, 6.45) is 1.67. The fourth-order valence-corrected chi connectivity index (χ4v) is 3.95. The van der Waals surface area contributed by atoms with Gasteiger partial charge in [0, 0.05) is 20.2 Å². The predicted octanol–water partition coefficient (Wildman–Crippen LogP) is 1.12. The van der Waals surface area contributed by atoms with Crippen molar-refractivity contribution in [3.8, 4) is 0 Å². The number of nitrogens with zero attached hydrogens (tertiary/aromatic N) is 1. The lowest BCUT2D eigenvalue weighted by molar-refractivity contribution is 0.0604. The maximum absolute atomic E-state index is 12.3. The average molecular weight is 299 g/mol. The van der Waals surface area contributed by atoms with Gasteiger partial charge in [0.15, 0.2) is 0 Å². The summed E-state index contributed by atoms with van der Waals surface area (Å²) in [4.78, 5) is 0. The topological polar surface area (TPSA) is 66.8 Å². The van der Waals surface area contributed by atoms with Crippen LogP contribution in [-0.2, 0) is 27.1 Å². The van der Waals surface area contributed by atoms with Crippen LogP contribution in [0, 0.1) is 0 Å². The van der Waals surface area contributed by atoms with Gasteiger partial charge in [-0.25, -0.2) is 12.7 Å². The first-order valence-electron chi connectivity index (χ1n) is 6.74. The maximum Gasteiger partial charge on any atom is 0.218 e.